The number of para-hydroxylation sites is 2. The van der Waals surface area contributed by atoms with E-state index in [4.69, 9.17) is 14.3 Å². The van der Waals surface area contributed by atoms with Gasteiger partial charge in [-0.25, -0.2) is 0 Å². The number of rotatable bonds is 12. The zero-order valence-corrected chi connectivity index (χ0v) is 27.5. The summed E-state index contributed by atoms with van der Waals surface area (Å²) in [4.78, 5) is 8.00. The number of carbonyl (C=O) groups is 1. The van der Waals surface area contributed by atoms with Gasteiger partial charge in [-0.05, 0) is 82.2 Å². The van der Waals surface area contributed by atoms with Crippen molar-refractivity contribution in [1.29, 1.82) is 0 Å². The van der Waals surface area contributed by atoms with Gasteiger partial charge in [-0.3, -0.25) is 0 Å². The largest absolute Gasteiger partial charge is 0.490 e. The van der Waals surface area contributed by atoms with Crippen molar-refractivity contribution in [2.75, 3.05) is 32.6 Å². The lowest BCUT2D eigenvalue weighted by molar-refractivity contribution is -0.0980. The molecular formula is C35H55N5O3. The van der Waals surface area contributed by atoms with Gasteiger partial charge in [0.15, 0.2) is 0 Å². The van der Waals surface area contributed by atoms with Crippen LogP contribution in [0.25, 0.3) is 0 Å². The molecule has 2 atom stereocenters. The molecule has 2 unspecified atom stereocenters. The predicted octanol–water partition coefficient (Wildman–Crippen LogP) is 7.46. The van der Waals surface area contributed by atoms with Crippen molar-refractivity contribution in [2.45, 2.75) is 66.4 Å². The Morgan fingerprint density at radius 3 is 2.21 bits per heavy atom. The average Bonchev–Trinajstić information content (AvgIpc) is 3.06. The van der Waals surface area contributed by atoms with Gasteiger partial charge in [0, 0.05) is 38.7 Å². The molecule has 43 heavy (non-hydrogen) atoms. The summed E-state index contributed by atoms with van der Waals surface area (Å²) < 4.78 is 12.1. The molecule has 1 fully saturated rings. The van der Waals surface area contributed by atoms with E-state index in [1.54, 1.807) is 0 Å². The Labute approximate surface area is 260 Å². The Balaban J connectivity index is 0.00000124. The van der Waals surface area contributed by atoms with Crippen molar-refractivity contribution in [3.8, 4) is 5.75 Å². The highest BCUT2D eigenvalue weighted by molar-refractivity contribution is 5.96. The maximum Gasteiger partial charge on any atom is 0.244 e. The zero-order chi connectivity index (χ0) is 32.5. The highest BCUT2D eigenvalue weighted by Gasteiger charge is 2.24. The molecule has 1 aliphatic carbocycles. The van der Waals surface area contributed by atoms with Crippen LogP contribution >= 0.6 is 0 Å². The lowest BCUT2D eigenvalue weighted by Gasteiger charge is -2.30. The SMILES string of the molecule is C=C/C(NCC1CCCC(CO/C(=N\N=C)c2ccccc2OC(C)C)C1)=C(/C)NC.C=O.CC.CNc1ccccc1. The van der Waals surface area contributed by atoms with Crippen molar-refractivity contribution in [3.63, 3.8) is 0 Å². The minimum atomic E-state index is 0.0618. The minimum Gasteiger partial charge on any atom is -0.490 e. The molecule has 1 aliphatic rings. The Bertz CT molecular complexity index is 1090. The lowest BCUT2D eigenvalue weighted by Crippen LogP contribution is -2.30. The molecule has 1 saturated carbocycles. The topological polar surface area (TPSA) is 96.3 Å². The first-order chi connectivity index (χ1) is 20.9. The molecule has 0 aliphatic heterocycles. The van der Waals surface area contributed by atoms with Gasteiger partial charge in [0.05, 0.1) is 24.0 Å². The maximum atomic E-state index is 8.00. The summed E-state index contributed by atoms with van der Waals surface area (Å²) >= 11 is 0. The lowest BCUT2D eigenvalue weighted by atomic mass is 9.81. The third kappa shape index (κ3) is 15.7. The van der Waals surface area contributed by atoms with E-state index in [0.717, 1.165) is 47.8 Å². The molecule has 8 nitrogen and oxygen atoms in total. The number of anilines is 1. The molecule has 0 amide bonds. The van der Waals surface area contributed by atoms with Gasteiger partial charge in [-0.2, -0.15) is 5.10 Å². The van der Waals surface area contributed by atoms with E-state index in [0.29, 0.717) is 24.3 Å². The van der Waals surface area contributed by atoms with Gasteiger partial charge in [0.25, 0.3) is 0 Å². The Kier molecular flexibility index (Phi) is 22.2. The van der Waals surface area contributed by atoms with Crippen LogP contribution in [0, 0.1) is 11.8 Å². The molecule has 3 rings (SSSR count). The van der Waals surface area contributed by atoms with E-state index in [9.17, 15) is 0 Å². The first kappa shape index (κ1) is 38.9. The molecule has 3 N–H and O–H groups in total. The fourth-order valence-corrected chi connectivity index (χ4v) is 4.51. The standard InChI is InChI=1S/C25H38N4O2.C7H9N.C2H6.CH2O/c1-7-23(19(4)26-5)28-16-20-11-10-12-21(15-20)17-30-25(29-27-6)22-13-8-9-14-24(22)31-18(2)3;1-8-7-5-3-2-4-6-7;2*1-2/h7-9,13-14,18,20-21,26,28H,1,6,10-12,15-17H2,2-5H3;2-6,8H,1H3;1-2H3;1H2/b23-19+,29-25-;;;. The molecule has 0 saturated heterocycles. The summed E-state index contributed by atoms with van der Waals surface area (Å²) in [5.41, 5.74) is 4.13. The summed E-state index contributed by atoms with van der Waals surface area (Å²) in [5.74, 6) is 2.30. The Morgan fingerprint density at radius 2 is 1.65 bits per heavy atom. The fraction of sp³-hybridized carbons (Fsp3) is 0.457. The van der Waals surface area contributed by atoms with E-state index in [1.165, 1.54) is 12.8 Å². The number of ether oxygens (including phenoxy) is 2. The van der Waals surface area contributed by atoms with Crippen molar-refractivity contribution < 1.29 is 14.3 Å². The van der Waals surface area contributed by atoms with E-state index in [-0.39, 0.29) is 6.10 Å². The summed E-state index contributed by atoms with van der Waals surface area (Å²) in [6, 6.07) is 17.8. The zero-order valence-electron chi connectivity index (χ0n) is 27.5. The van der Waals surface area contributed by atoms with E-state index >= 15 is 0 Å². The smallest absolute Gasteiger partial charge is 0.244 e. The molecule has 0 spiro atoms. The van der Waals surface area contributed by atoms with Crippen LogP contribution in [0.4, 0.5) is 5.69 Å². The highest BCUT2D eigenvalue weighted by atomic mass is 16.5. The summed E-state index contributed by atoms with van der Waals surface area (Å²) in [6.07, 6.45) is 6.65. The molecular weight excluding hydrogens is 538 g/mol. The van der Waals surface area contributed by atoms with Crippen LogP contribution in [-0.2, 0) is 9.53 Å². The molecule has 2 aromatic carbocycles. The molecule has 238 valence electrons. The van der Waals surface area contributed by atoms with Crippen molar-refractivity contribution in [2.24, 2.45) is 22.0 Å². The monoisotopic (exact) mass is 593 g/mol. The molecule has 0 aromatic heterocycles. The van der Waals surface area contributed by atoms with E-state index in [2.05, 4.69) is 46.4 Å². The molecule has 8 heteroatoms. The van der Waals surface area contributed by atoms with Crippen LogP contribution in [0.15, 0.2) is 88.8 Å². The number of carbonyl (C=O) groups excluding carboxylic acids is 1. The van der Waals surface area contributed by atoms with Crippen LogP contribution in [0.1, 0.15) is 65.9 Å². The third-order valence-corrected chi connectivity index (χ3v) is 6.62. The minimum absolute atomic E-state index is 0.0618. The first-order valence-corrected chi connectivity index (χ1v) is 15.1. The third-order valence-electron chi connectivity index (χ3n) is 6.62. The van der Waals surface area contributed by atoms with Crippen LogP contribution in [0.2, 0.25) is 0 Å². The number of nitrogens with one attached hydrogen (secondary N) is 3. The summed E-state index contributed by atoms with van der Waals surface area (Å²) in [6.45, 7) is 21.0. The predicted molar refractivity (Wildman–Crippen MR) is 184 cm³/mol. The highest BCUT2D eigenvalue weighted by Crippen LogP contribution is 2.30. The average molecular weight is 594 g/mol. The van der Waals surface area contributed by atoms with E-state index < -0.39 is 0 Å². The van der Waals surface area contributed by atoms with E-state index in [1.807, 2.05) is 109 Å². The number of hydrogen-bond acceptors (Lipinski definition) is 8. The quantitative estimate of drug-likeness (QED) is 0.102. The Hall–Kier alpha value is -4.07. The van der Waals surface area contributed by atoms with Gasteiger partial charge in [0.1, 0.15) is 12.5 Å². The maximum absolute atomic E-state index is 8.00. The van der Waals surface area contributed by atoms with Gasteiger partial charge >= 0.3 is 0 Å². The molecule has 2 aromatic rings. The number of benzene rings is 2. The summed E-state index contributed by atoms with van der Waals surface area (Å²) in [7, 11) is 3.84. The van der Waals surface area contributed by atoms with Crippen LogP contribution in [0.5, 0.6) is 5.75 Å². The molecule has 0 bridgehead atoms. The number of hydrogen-bond donors (Lipinski definition) is 3. The van der Waals surface area contributed by atoms with Crippen molar-refractivity contribution in [1.82, 2.24) is 10.6 Å². The fourth-order valence-electron chi connectivity index (χ4n) is 4.51. The van der Waals surface area contributed by atoms with Crippen LogP contribution in [0.3, 0.4) is 0 Å². The normalized spacial score (nSPS) is 16.2. The number of allylic oxidation sites excluding steroid dienone is 2. The second-order valence-electron chi connectivity index (χ2n) is 9.91. The second-order valence-corrected chi connectivity index (χ2v) is 9.91. The first-order valence-electron chi connectivity index (χ1n) is 15.1. The molecule has 0 heterocycles. The van der Waals surface area contributed by atoms with Crippen LogP contribution in [-0.4, -0.2) is 52.8 Å². The van der Waals surface area contributed by atoms with Gasteiger partial charge < -0.3 is 30.2 Å². The van der Waals surface area contributed by atoms with Crippen molar-refractivity contribution in [3.05, 3.63) is 84.2 Å². The second kappa shape index (κ2) is 24.5. The van der Waals surface area contributed by atoms with Crippen LogP contribution < -0.4 is 20.7 Å². The Morgan fingerprint density at radius 1 is 1.02 bits per heavy atom. The number of nitrogens with zero attached hydrogens (tertiary/aromatic N) is 2. The van der Waals surface area contributed by atoms with Gasteiger partial charge in [-0.1, -0.05) is 57.2 Å². The van der Waals surface area contributed by atoms with Crippen molar-refractivity contribution >= 4 is 25.1 Å². The summed E-state index contributed by atoms with van der Waals surface area (Å²) in [5, 5.41) is 17.6. The van der Waals surface area contributed by atoms with Gasteiger partial charge in [-0.15, -0.1) is 5.10 Å². The molecule has 0 radical (unpaired) electrons. The van der Waals surface area contributed by atoms with Gasteiger partial charge in [0.2, 0.25) is 5.90 Å².